The second kappa shape index (κ2) is 5.24. The summed E-state index contributed by atoms with van der Waals surface area (Å²) in [5.41, 5.74) is 0. The third kappa shape index (κ3) is 3.36. The van der Waals surface area contributed by atoms with E-state index < -0.39 is 0 Å². The predicted molar refractivity (Wildman–Crippen MR) is 48.1 cm³/mol. The normalized spacial score (nSPS) is 9.00. The molecule has 56 valence electrons. The van der Waals surface area contributed by atoms with E-state index in [-0.39, 0.29) is 72.5 Å². The molecule has 1 heterocycles. The molecule has 0 saturated heterocycles. The summed E-state index contributed by atoms with van der Waals surface area (Å²) in [6, 6.07) is 1.33. The number of rotatable bonds is 0. The van der Waals surface area contributed by atoms with E-state index >= 15 is 0 Å². The van der Waals surface area contributed by atoms with Crippen molar-refractivity contribution in [3.63, 3.8) is 0 Å². The van der Waals surface area contributed by atoms with Crippen molar-refractivity contribution in [2.24, 2.45) is 0 Å². The molecule has 1 rings (SSSR count). The van der Waals surface area contributed by atoms with Crippen molar-refractivity contribution >= 4 is 86.2 Å². The van der Waals surface area contributed by atoms with E-state index in [4.69, 9.17) is 39.9 Å². The van der Waals surface area contributed by atoms with E-state index in [1.54, 1.807) is 0 Å². The Morgan fingerprint density at radius 3 is 2.18 bits per heavy atom. The number of nitrogens with zero attached hydrogens (tertiary/aromatic N) is 1. The molecule has 2 nitrogen and oxygen atoms in total. The van der Waals surface area contributed by atoms with E-state index in [0.29, 0.717) is 0 Å². The molecule has 11 heavy (non-hydrogen) atoms. The van der Waals surface area contributed by atoms with Gasteiger partial charge < -0.3 is 5.11 Å². The molecular weight excluding hydrogens is 236 g/mol. The van der Waals surface area contributed by atoms with Gasteiger partial charge in [-0.05, 0) is 6.07 Å². The molecule has 1 aromatic heterocycles. The van der Waals surface area contributed by atoms with Gasteiger partial charge in [0, 0.05) is 0 Å². The first kappa shape index (κ1) is 12.5. The third-order valence-electron chi connectivity index (χ3n) is 0.868. The monoisotopic (exact) mass is 237 g/mol. The van der Waals surface area contributed by atoms with Gasteiger partial charge >= 0.3 is 51.4 Å². The minimum absolute atomic E-state index is 0. The Labute approximate surface area is 121 Å². The molecule has 0 aromatic carbocycles. The Bertz CT molecular complexity index is 218. The summed E-state index contributed by atoms with van der Waals surface area (Å²) in [5, 5.41) is 9.20. The first-order valence-corrected chi connectivity index (χ1v) is 3.45. The Morgan fingerprint density at radius 2 is 1.73 bits per heavy atom. The van der Waals surface area contributed by atoms with Crippen LogP contribution < -0.4 is 0 Å². The van der Waals surface area contributed by atoms with E-state index in [2.05, 4.69) is 4.98 Å². The molecule has 0 saturated carbocycles. The van der Waals surface area contributed by atoms with Crippen LogP contribution in [-0.4, -0.2) is 61.5 Å². The van der Waals surface area contributed by atoms with Crippen molar-refractivity contribution in [1.82, 2.24) is 4.98 Å². The maximum atomic E-state index is 8.84. The molecule has 0 radical (unpaired) electrons. The summed E-state index contributed by atoms with van der Waals surface area (Å²) in [4.78, 5) is 3.43. The van der Waals surface area contributed by atoms with Gasteiger partial charge in [-0.2, -0.15) is 4.98 Å². The number of hydrogen-bond donors (Lipinski definition) is 1. The number of pyridine rings is 1. The average Bonchev–Trinajstić information content (AvgIpc) is 1.84. The number of halogens is 3. The van der Waals surface area contributed by atoms with E-state index in [1.807, 2.05) is 0 Å². The van der Waals surface area contributed by atoms with Crippen LogP contribution >= 0.6 is 34.8 Å². The van der Waals surface area contributed by atoms with Gasteiger partial charge in [0.05, 0.1) is 5.02 Å². The topological polar surface area (TPSA) is 33.1 Å². The predicted octanol–water partition coefficient (Wildman–Crippen LogP) is 2.10. The van der Waals surface area contributed by atoms with Crippen molar-refractivity contribution in [2.75, 3.05) is 0 Å². The van der Waals surface area contributed by atoms with Crippen LogP contribution in [0.1, 0.15) is 0 Å². The second-order valence-corrected chi connectivity index (χ2v) is 2.74. The van der Waals surface area contributed by atoms with Crippen LogP contribution in [0.4, 0.5) is 0 Å². The fourth-order valence-electron chi connectivity index (χ4n) is 0.435. The molecule has 0 amide bonds. The standard InChI is InChI=1S/C5H2Cl3NO.K.H/c6-2-1-3(7)5(10)9-4(2)8;;/h1H,(H,9,10);;. The van der Waals surface area contributed by atoms with Crippen molar-refractivity contribution in [3.8, 4) is 5.88 Å². The minimum atomic E-state index is -0.309. The summed E-state index contributed by atoms with van der Waals surface area (Å²) >= 11 is 16.4. The quantitative estimate of drug-likeness (QED) is 0.555. The van der Waals surface area contributed by atoms with Crippen LogP contribution in [0.15, 0.2) is 6.07 Å². The first-order chi connectivity index (χ1) is 4.61. The zero-order chi connectivity index (χ0) is 7.72. The van der Waals surface area contributed by atoms with Crippen LogP contribution in [0.3, 0.4) is 0 Å². The van der Waals surface area contributed by atoms with Gasteiger partial charge in [0.15, 0.2) is 5.15 Å². The summed E-state index contributed by atoms with van der Waals surface area (Å²) in [6.07, 6.45) is 0. The van der Waals surface area contributed by atoms with E-state index in [0.717, 1.165) is 0 Å². The van der Waals surface area contributed by atoms with Gasteiger partial charge in [-0.25, -0.2) is 0 Å². The van der Waals surface area contributed by atoms with Crippen molar-refractivity contribution in [2.45, 2.75) is 0 Å². The first-order valence-electron chi connectivity index (χ1n) is 2.32. The van der Waals surface area contributed by atoms with Gasteiger partial charge in [-0.3, -0.25) is 0 Å². The average molecular weight is 239 g/mol. The van der Waals surface area contributed by atoms with Crippen LogP contribution in [0, 0.1) is 0 Å². The van der Waals surface area contributed by atoms with Crippen LogP contribution in [-0.2, 0) is 0 Å². The van der Waals surface area contributed by atoms with Crippen molar-refractivity contribution in [3.05, 3.63) is 21.3 Å². The van der Waals surface area contributed by atoms with Gasteiger partial charge in [0.1, 0.15) is 5.02 Å². The summed E-state index contributed by atoms with van der Waals surface area (Å²) in [6.45, 7) is 0. The maximum absolute atomic E-state index is 8.84. The molecule has 0 aliphatic carbocycles. The molecule has 0 fully saturated rings. The number of hydrogen-bond acceptors (Lipinski definition) is 2. The van der Waals surface area contributed by atoms with Crippen LogP contribution in [0.2, 0.25) is 15.2 Å². The Kier molecular flexibility index (Phi) is 5.94. The van der Waals surface area contributed by atoms with Crippen molar-refractivity contribution in [1.29, 1.82) is 0 Å². The van der Waals surface area contributed by atoms with Crippen LogP contribution in [0.25, 0.3) is 0 Å². The molecule has 0 spiro atoms. The fourth-order valence-corrected chi connectivity index (χ4v) is 0.928. The Balaban J connectivity index is 0.000001000. The van der Waals surface area contributed by atoms with Gasteiger partial charge in [0.25, 0.3) is 0 Å². The molecular formula is C5H3Cl3KNO. The SMILES string of the molecule is Oc1nc(Cl)c(Cl)cc1Cl.[KH]. The van der Waals surface area contributed by atoms with Gasteiger partial charge in [-0.15, -0.1) is 0 Å². The molecule has 0 aliphatic rings. The summed E-state index contributed by atoms with van der Waals surface area (Å²) in [5.74, 6) is -0.309. The Hall–Kier alpha value is 1.46. The fraction of sp³-hybridized carbons (Fsp3) is 0. The third-order valence-corrected chi connectivity index (χ3v) is 1.82. The zero-order valence-electron chi connectivity index (χ0n) is 4.61. The molecule has 1 N–H and O–H groups in total. The summed E-state index contributed by atoms with van der Waals surface area (Å²) in [7, 11) is 0. The number of aromatic nitrogens is 1. The van der Waals surface area contributed by atoms with Gasteiger partial charge in [0.2, 0.25) is 5.88 Å². The molecule has 0 bridgehead atoms. The zero-order valence-corrected chi connectivity index (χ0v) is 6.87. The van der Waals surface area contributed by atoms with Crippen LogP contribution in [0.5, 0.6) is 5.88 Å². The molecule has 1 aromatic rings. The van der Waals surface area contributed by atoms with Crippen molar-refractivity contribution < 1.29 is 5.11 Å². The molecule has 0 atom stereocenters. The molecule has 0 unspecified atom stereocenters. The number of aromatic hydroxyl groups is 1. The summed E-state index contributed by atoms with van der Waals surface area (Å²) < 4.78 is 0. The van der Waals surface area contributed by atoms with E-state index in [1.165, 1.54) is 6.07 Å². The van der Waals surface area contributed by atoms with E-state index in [9.17, 15) is 0 Å². The molecule has 6 heteroatoms. The van der Waals surface area contributed by atoms with Gasteiger partial charge in [-0.1, -0.05) is 34.8 Å². The second-order valence-electron chi connectivity index (χ2n) is 1.57. The molecule has 0 aliphatic heterocycles. The Morgan fingerprint density at radius 1 is 1.18 bits per heavy atom.